The van der Waals surface area contributed by atoms with Crippen LogP contribution in [-0.2, 0) is 6.18 Å². The van der Waals surface area contributed by atoms with Gasteiger partial charge < -0.3 is 10.6 Å². The van der Waals surface area contributed by atoms with Crippen molar-refractivity contribution < 1.29 is 22.8 Å². The van der Waals surface area contributed by atoms with Gasteiger partial charge in [0.1, 0.15) is 0 Å². The van der Waals surface area contributed by atoms with Gasteiger partial charge in [-0.3, -0.25) is 9.59 Å². The second-order valence-electron chi connectivity index (χ2n) is 5.10. The molecule has 0 saturated heterocycles. The molecule has 25 heavy (non-hydrogen) atoms. The summed E-state index contributed by atoms with van der Waals surface area (Å²) in [6.45, 7) is 2.30. The number of rotatable bonds is 5. The summed E-state index contributed by atoms with van der Waals surface area (Å²) in [6, 6.07) is 4.19. The maximum Gasteiger partial charge on any atom is 0.417 e. The van der Waals surface area contributed by atoms with E-state index < -0.39 is 29.1 Å². The lowest BCUT2D eigenvalue weighted by Crippen LogP contribution is -2.26. The van der Waals surface area contributed by atoms with Gasteiger partial charge in [0.15, 0.2) is 0 Å². The molecule has 0 aliphatic heterocycles. The first-order valence-corrected chi connectivity index (χ1v) is 8.58. The quantitative estimate of drug-likeness (QED) is 0.769. The standard InChI is InChI=1S/C16H14ClF3N2O2S/c1-2-5-21-14(23)10-4-3-9(17)6-13(10)22-15(24)11-7-25-8-12(11)16(18,19)20/h3-4,6-8H,2,5H2,1H3,(H,21,23)(H,22,24). The molecule has 4 nitrogen and oxygen atoms in total. The van der Waals surface area contributed by atoms with Gasteiger partial charge in [0.25, 0.3) is 11.8 Å². The van der Waals surface area contributed by atoms with E-state index in [0.717, 1.165) is 22.1 Å². The largest absolute Gasteiger partial charge is 0.417 e. The minimum absolute atomic E-state index is 0.0467. The molecule has 0 bridgehead atoms. The second-order valence-corrected chi connectivity index (χ2v) is 6.28. The van der Waals surface area contributed by atoms with Crippen molar-refractivity contribution in [2.75, 3.05) is 11.9 Å². The molecule has 9 heteroatoms. The third kappa shape index (κ3) is 4.73. The average Bonchev–Trinajstić information content (AvgIpc) is 3.02. The van der Waals surface area contributed by atoms with Crippen molar-refractivity contribution in [3.8, 4) is 0 Å². The van der Waals surface area contributed by atoms with Crippen LogP contribution in [0.1, 0.15) is 39.6 Å². The Kier molecular flexibility index (Phi) is 6.07. The molecule has 0 atom stereocenters. The number of carbonyl (C=O) groups excluding carboxylic acids is 2. The van der Waals surface area contributed by atoms with Crippen LogP contribution in [0.2, 0.25) is 5.02 Å². The predicted octanol–water partition coefficient (Wildman–Crippen LogP) is 4.81. The van der Waals surface area contributed by atoms with Crippen molar-refractivity contribution in [3.05, 3.63) is 50.7 Å². The normalized spacial score (nSPS) is 11.2. The Morgan fingerprint density at radius 2 is 1.88 bits per heavy atom. The van der Waals surface area contributed by atoms with Crippen molar-refractivity contribution in [2.45, 2.75) is 19.5 Å². The Morgan fingerprint density at radius 1 is 1.16 bits per heavy atom. The Hall–Kier alpha value is -2.06. The maximum atomic E-state index is 12.9. The van der Waals surface area contributed by atoms with Crippen molar-refractivity contribution in [1.82, 2.24) is 5.32 Å². The molecule has 0 spiro atoms. The molecule has 1 heterocycles. The van der Waals surface area contributed by atoms with Crippen LogP contribution >= 0.6 is 22.9 Å². The molecule has 0 aliphatic carbocycles. The fourth-order valence-corrected chi connectivity index (χ4v) is 3.04. The molecule has 2 N–H and O–H groups in total. The zero-order valence-electron chi connectivity index (χ0n) is 13.0. The van der Waals surface area contributed by atoms with E-state index in [1.54, 1.807) is 0 Å². The second kappa shape index (κ2) is 7.88. The number of anilines is 1. The number of alkyl halides is 3. The first kappa shape index (κ1) is 19.3. The summed E-state index contributed by atoms with van der Waals surface area (Å²) in [5.41, 5.74) is -1.35. The van der Waals surface area contributed by atoms with E-state index in [0.29, 0.717) is 13.0 Å². The lowest BCUT2D eigenvalue weighted by Gasteiger charge is -2.13. The smallest absolute Gasteiger partial charge is 0.352 e. The van der Waals surface area contributed by atoms with Crippen LogP contribution in [0.25, 0.3) is 0 Å². The van der Waals surface area contributed by atoms with Gasteiger partial charge >= 0.3 is 6.18 Å². The lowest BCUT2D eigenvalue weighted by molar-refractivity contribution is -0.137. The maximum absolute atomic E-state index is 12.9. The fraction of sp³-hybridized carbons (Fsp3) is 0.250. The summed E-state index contributed by atoms with van der Waals surface area (Å²) in [6.07, 6.45) is -3.92. The SMILES string of the molecule is CCCNC(=O)c1ccc(Cl)cc1NC(=O)c1cscc1C(F)(F)F. The van der Waals surface area contributed by atoms with Crippen molar-refractivity contribution in [3.63, 3.8) is 0 Å². The number of thiophene rings is 1. The molecule has 134 valence electrons. The van der Waals surface area contributed by atoms with Gasteiger partial charge in [0, 0.05) is 22.3 Å². The third-order valence-corrected chi connectivity index (χ3v) is 4.20. The van der Waals surface area contributed by atoms with E-state index in [4.69, 9.17) is 11.6 Å². The molecule has 0 aliphatic rings. The third-order valence-electron chi connectivity index (χ3n) is 3.22. The van der Waals surface area contributed by atoms with E-state index in [2.05, 4.69) is 10.6 Å². The fourth-order valence-electron chi connectivity index (χ4n) is 2.03. The van der Waals surface area contributed by atoms with Crippen molar-refractivity contribution >= 4 is 40.4 Å². The molecule has 0 saturated carbocycles. The van der Waals surface area contributed by atoms with Crippen LogP contribution in [0.5, 0.6) is 0 Å². The van der Waals surface area contributed by atoms with E-state index in [1.165, 1.54) is 18.2 Å². The zero-order valence-corrected chi connectivity index (χ0v) is 14.6. The van der Waals surface area contributed by atoms with Gasteiger partial charge in [0.2, 0.25) is 0 Å². The molecule has 2 amide bonds. The molecule has 2 aromatic rings. The number of benzene rings is 1. The Balaban J connectivity index is 2.31. The summed E-state index contributed by atoms with van der Waals surface area (Å²) >= 11 is 6.65. The van der Waals surface area contributed by atoms with Gasteiger partial charge in [-0.05, 0) is 24.6 Å². The number of hydrogen-bond donors (Lipinski definition) is 2. The summed E-state index contributed by atoms with van der Waals surface area (Å²) in [5.74, 6) is -1.41. The minimum atomic E-state index is -4.64. The molecular weight excluding hydrogens is 377 g/mol. The number of carbonyl (C=O) groups is 2. The Morgan fingerprint density at radius 3 is 2.52 bits per heavy atom. The molecule has 1 aromatic carbocycles. The summed E-state index contributed by atoms with van der Waals surface area (Å²) in [5, 5.41) is 7.20. The average molecular weight is 391 g/mol. The van der Waals surface area contributed by atoms with Crippen molar-refractivity contribution in [1.29, 1.82) is 0 Å². The molecule has 0 unspecified atom stereocenters. The highest BCUT2D eigenvalue weighted by molar-refractivity contribution is 7.08. The monoisotopic (exact) mass is 390 g/mol. The topological polar surface area (TPSA) is 58.2 Å². The van der Waals surface area contributed by atoms with E-state index in [-0.39, 0.29) is 16.3 Å². The van der Waals surface area contributed by atoms with Gasteiger partial charge in [-0.25, -0.2) is 0 Å². The summed E-state index contributed by atoms with van der Waals surface area (Å²) in [7, 11) is 0. The van der Waals surface area contributed by atoms with Gasteiger partial charge in [-0.1, -0.05) is 18.5 Å². The number of amides is 2. The van der Waals surface area contributed by atoms with Crippen LogP contribution in [0, 0.1) is 0 Å². The molecular formula is C16H14ClF3N2O2S. The summed E-state index contributed by atoms with van der Waals surface area (Å²) in [4.78, 5) is 24.4. The predicted molar refractivity (Wildman–Crippen MR) is 91.4 cm³/mol. The van der Waals surface area contributed by atoms with Crippen LogP contribution in [0.15, 0.2) is 29.0 Å². The van der Waals surface area contributed by atoms with Crippen LogP contribution < -0.4 is 10.6 Å². The highest BCUT2D eigenvalue weighted by Crippen LogP contribution is 2.34. The lowest BCUT2D eigenvalue weighted by atomic mass is 10.1. The van der Waals surface area contributed by atoms with Crippen LogP contribution in [-0.4, -0.2) is 18.4 Å². The number of hydrogen-bond acceptors (Lipinski definition) is 3. The zero-order chi connectivity index (χ0) is 18.6. The van der Waals surface area contributed by atoms with Gasteiger partial charge in [0.05, 0.1) is 22.4 Å². The first-order chi connectivity index (χ1) is 11.7. The summed E-state index contributed by atoms with van der Waals surface area (Å²) < 4.78 is 38.8. The van der Waals surface area contributed by atoms with E-state index >= 15 is 0 Å². The van der Waals surface area contributed by atoms with Crippen molar-refractivity contribution in [2.24, 2.45) is 0 Å². The van der Waals surface area contributed by atoms with E-state index in [9.17, 15) is 22.8 Å². The number of halogens is 4. The first-order valence-electron chi connectivity index (χ1n) is 7.26. The number of nitrogens with one attached hydrogen (secondary N) is 2. The Bertz CT molecular complexity index is 790. The highest BCUT2D eigenvalue weighted by atomic mass is 35.5. The Labute approximate surface area is 151 Å². The molecule has 2 rings (SSSR count). The van der Waals surface area contributed by atoms with Crippen LogP contribution in [0.3, 0.4) is 0 Å². The molecule has 0 fully saturated rings. The van der Waals surface area contributed by atoms with Gasteiger partial charge in [-0.2, -0.15) is 24.5 Å². The van der Waals surface area contributed by atoms with E-state index in [1.807, 2.05) is 6.92 Å². The molecule has 0 radical (unpaired) electrons. The minimum Gasteiger partial charge on any atom is -0.352 e. The molecule has 1 aromatic heterocycles. The highest BCUT2D eigenvalue weighted by Gasteiger charge is 2.36. The van der Waals surface area contributed by atoms with Gasteiger partial charge in [-0.15, -0.1) is 0 Å². The van der Waals surface area contributed by atoms with Crippen LogP contribution in [0.4, 0.5) is 18.9 Å².